The highest BCUT2D eigenvalue weighted by Crippen LogP contribution is 2.23. The summed E-state index contributed by atoms with van der Waals surface area (Å²) in [5, 5.41) is 10.7. The Hall–Kier alpha value is -3.26. The highest BCUT2D eigenvalue weighted by molar-refractivity contribution is 7.16. The monoisotopic (exact) mass is 397 g/mol. The average Bonchev–Trinajstić information content (AvgIpc) is 3.03. The van der Waals surface area contributed by atoms with Crippen LogP contribution in [0.3, 0.4) is 0 Å². The van der Waals surface area contributed by atoms with Gasteiger partial charge in [-0.25, -0.2) is 0 Å². The minimum absolute atomic E-state index is 0.00877. The number of methoxy groups -OCH3 is 1. The van der Waals surface area contributed by atoms with Crippen LogP contribution >= 0.6 is 11.3 Å². The largest absolute Gasteiger partial charge is 0.497 e. The molecule has 2 aromatic carbocycles. The van der Waals surface area contributed by atoms with Crippen LogP contribution in [0.2, 0.25) is 0 Å². The van der Waals surface area contributed by atoms with Crippen LogP contribution in [0.5, 0.6) is 5.75 Å². The molecule has 0 spiro atoms. The van der Waals surface area contributed by atoms with Crippen molar-refractivity contribution < 1.29 is 14.5 Å². The molecule has 28 heavy (non-hydrogen) atoms. The molecule has 0 atom stereocenters. The summed E-state index contributed by atoms with van der Waals surface area (Å²) in [4.78, 5) is 27.4. The van der Waals surface area contributed by atoms with Gasteiger partial charge in [-0.2, -0.15) is 4.99 Å². The van der Waals surface area contributed by atoms with E-state index in [0.29, 0.717) is 10.4 Å². The van der Waals surface area contributed by atoms with Crippen molar-refractivity contribution in [1.29, 1.82) is 0 Å². The third-order valence-electron chi connectivity index (χ3n) is 4.06. The second kappa shape index (κ2) is 8.62. The maximum Gasteiger partial charge on any atom is 0.272 e. The Labute approximate surface area is 165 Å². The number of hydrogen-bond acceptors (Lipinski definition) is 5. The first-order valence-corrected chi connectivity index (χ1v) is 9.52. The van der Waals surface area contributed by atoms with Gasteiger partial charge in [0.05, 0.1) is 22.2 Å². The number of non-ortho nitro benzene ring substituents is 1. The Morgan fingerprint density at radius 1 is 1.29 bits per heavy atom. The van der Waals surface area contributed by atoms with Gasteiger partial charge in [0.25, 0.3) is 11.6 Å². The number of nitro benzene ring substituents is 1. The molecule has 0 saturated carbocycles. The van der Waals surface area contributed by atoms with Crippen LogP contribution in [0.15, 0.2) is 53.5 Å². The molecule has 144 valence electrons. The van der Waals surface area contributed by atoms with E-state index in [1.54, 1.807) is 25.3 Å². The quantitative estimate of drug-likeness (QED) is 0.355. The fraction of sp³-hybridized carbons (Fsp3) is 0.200. The van der Waals surface area contributed by atoms with Crippen LogP contribution in [0, 0.1) is 10.1 Å². The van der Waals surface area contributed by atoms with Crippen LogP contribution in [0.25, 0.3) is 16.3 Å². The molecule has 0 aliphatic heterocycles. The Kier molecular flexibility index (Phi) is 6.00. The van der Waals surface area contributed by atoms with Gasteiger partial charge in [-0.05, 0) is 42.3 Å². The van der Waals surface area contributed by atoms with Gasteiger partial charge < -0.3 is 9.30 Å². The van der Waals surface area contributed by atoms with E-state index in [2.05, 4.69) is 11.9 Å². The van der Waals surface area contributed by atoms with E-state index in [1.165, 1.54) is 29.5 Å². The van der Waals surface area contributed by atoms with Gasteiger partial charge in [-0.1, -0.05) is 18.3 Å². The van der Waals surface area contributed by atoms with E-state index in [1.807, 2.05) is 22.8 Å². The number of fused-ring (bicyclic) bond motifs is 1. The minimum atomic E-state index is -0.461. The molecule has 3 rings (SSSR count). The standard InChI is InChI=1S/C20H19N3O4S/c1-3-12-22-17-13-16(27-2)9-10-18(17)28-20(22)21-19(24)11-6-14-4-7-15(8-5-14)23(25)26/h4-11,13H,3,12H2,1-2H3/b11-6+,21-20?. The van der Waals surface area contributed by atoms with E-state index in [9.17, 15) is 14.9 Å². The zero-order valence-electron chi connectivity index (χ0n) is 15.5. The predicted molar refractivity (Wildman–Crippen MR) is 109 cm³/mol. The first-order chi connectivity index (χ1) is 13.5. The first kappa shape index (κ1) is 19.5. The van der Waals surface area contributed by atoms with Gasteiger partial charge in [-0.15, -0.1) is 0 Å². The van der Waals surface area contributed by atoms with Crippen molar-refractivity contribution in [3.63, 3.8) is 0 Å². The number of ether oxygens (including phenoxy) is 1. The summed E-state index contributed by atoms with van der Waals surface area (Å²) in [6.45, 7) is 2.81. The minimum Gasteiger partial charge on any atom is -0.497 e. The van der Waals surface area contributed by atoms with Gasteiger partial charge in [0, 0.05) is 30.8 Å². The Bertz CT molecular complexity index is 1110. The molecule has 0 aliphatic rings. The van der Waals surface area contributed by atoms with Gasteiger partial charge in [0.15, 0.2) is 4.80 Å². The van der Waals surface area contributed by atoms with Crippen LogP contribution in [0.1, 0.15) is 18.9 Å². The number of hydrogen-bond donors (Lipinski definition) is 0. The topological polar surface area (TPSA) is 86.7 Å². The molecule has 1 amide bonds. The number of nitrogens with zero attached hydrogens (tertiary/aromatic N) is 3. The molecular weight excluding hydrogens is 378 g/mol. The third kappa shape index (κ3) is 4.34. The summed E-state index contributed by atoms with van der Waals surface area (Å²) in [6, 6.07) is 11.8. The zero-order valence-corrected chi connectivity index (χ0v) is 16.3. The Morgan fingerprint density at radius 3 is 2.68 bits per heavy atom. The van der Waals surface area contributed by atoms with Crippen molar-refractivity contribution in [2.45, 2.75) is 19.9 Å². The van der Waals surface area contributed by atoms with Crippen molar-refractivity contribution >= 4 is 39.2 Å². The van der Waals surface area contributed by atoms with Crippen LogP contribution in [0.4, 0.5) is 5.69 Å². The molecule has 0 radical (unpaired) electrons. The lowest BCUT2D eigenvalue weighted by Crippen LogP contribution is -2.16. The predicted octanol–water partition coefficient (Wildman–Crippen LogP) is 4.17. The Balaban J connectivity index is 1.91. The van der Waals surface area contributed by atoms with Crippen molar-refractivity contribution in [3.05, 3.63) is 69.0 Å². The molecule has 0 bridgehead atoms. The van der Waals surface area contributed by atoms with E-state index >= 15 is 0 Å². The van der Waals surface area contributed by atoms with Gasteiger partial charge in [-0.3, -0.25) is 14.9 Å². The van der Waals surface area contributed by atoms with Crippen molar-refractivity contribution in [3.8, 4) is 5.75 Å². The van der Waals surface area contributed by atoms with Crippen LogP contribution in [-0.4, -0.2) is 22.5 Å². The number of thiazole rings is 1. The maximum absolute atomic E-state index is 12.3. The lowest BCUT2D eigenvalue weighted by Gasteiger charge is -2.04. The fourth-order valence-electron chi connectivity index (χ4n) is 2.71. The molecule has 7 nitrogen and oxygen atoms in total. The molecule has 0 aliphatic carbocycles. The molecule has 3 aromatic rings. The number of carbonyl (C=O) groups is 1. The Morgan fingerprint density at radius 2 is 2.04 bits per heavy atom. The molecule has 0 unspecified atom stereocenters. The number of rotatable bonds is 6. The number of aryl methyl sites for hydroxylation is 1. The maximum atomic E-state index is 12.3. The number of carbonyl (C=O) groups excluding carboxylic acids is 1. The molecule has 0 N–H and O–H groups in total. The zero-order chi connectivity index (χ0) is 20.1. The smallest absolute Gasteiger partial charge is 0.272 e. The number of benzene rings is 2. The van der Waals surface area contributed by atoms with Crippen LogP contribution < -0.4 is 9.54 Å². The summed E-state index contributed by atoms with van der Waals surface area (Å²) in [5.41, 5.74) is 1.68. The van der Waals surface area contributed by atoms with Gasteiger partial charge in [0.1, 0.15) is 5.75 Å². The normalized spacial score (nSPS) is 12.0. The van der Waals surface area contributed by atoms with E-state index < -0.39 is 4.92 Å². The number of aromatic nitrogens is 1. The summed E-state index contributed by atoms with van der Waals surface area (Å²) in [7, 11) is 1.62. The second-order valence-electron chi connectivity index (χ2n) is 6.00. The van der Waals surface area contributed by atoms with E-state index in [-0.39, 0.29) is 11.6 Å². The average molecular weight is 397 g/mol. The first-order valence-electron chi connectivity index (χ1n) is 8.70. The van der Waals surface area contributed by atoms with Crippen molar-refractivity contribution in [2.75, 3.05) is 7.11 Å². The summed E-state index contributed by atoms with van der Waals surface area (Å²) in [5.74, 6) is 0.368. The number of amides is 1. The second-order valence-corrected chi connectivity index (χ2v) is 7.01. The summed E-state index contributed by atoms with van der Waals surface area (Å²) >= 11 is 1.45. The molecule has 1 aromatic heterocycles. The van der Waals surface area contributed by atoms with Crippen molar-refractivity contribution in [1.82, 2.24) is 4.57 Å². The van der Waals surface area contributed by atoms with E-state index in [4.69, 9.17) is 4.74 Å². The van der Waals surface area contributed by atoms with E-state index in [0.717, 1.165) is 28.9 Å². The third-order valence-corrected chi connectivity index (χ3v) is 5.12. The number of nitro groups is 1. The van der Waals surface area contributed by atoms with Gasteiger partial charge in [0.2, 0.25) is 0 Å². The molecule has 8 heteroatoms. The molecule has 0 fully saturated rings. The van der Waals surface area contributed by atoms with Crippen LogP contribution in [-0.2, 0) is 11.3 Å². The molecule has 1 heterocycles. The van der Waals surface area contributed by atoms with Crippen molar-refractivity contribution in [2.24, 2.45) is 4.99 Å². The molecule has 0 saturated heterocycles. The molecular formula is C20H19N3O4S. The summed E-state index contributed by atoms with van der Waals surface area (Å²) in [6.07, 6.45) is 3.86. The lowest BCUT2D eigenvalue weighted by molar-refractivity contribution is -0.384. The highest BCUT2D eigenvalue weighted by atomic mass is 32.1. The van der Waals surface area contributed by atoms with Gasteiger partial charge >= 0.3 is 0 Å². The lowest BCUT2D eigenvalue weighted by atomic mass is 10.2. The SMILES string of the molecule is CCCn1c(=NC(=O)/C=C/c2ccc([N+](=O)[O-])cc2)sc2ccc(OC)cc21. The fourth-order valence-corrected chi connectivity index (χ4v) is 3.75. The highest BCUT2D eigenvalue weighted by Gasteiger charge is 2.08. The summed E-state index contributed by atoms with van der Waals surface area (Å²) < 4.78 is 8.34.